The Kier molecular flexibility index (Phi) is 2.40. The fourth-order valence-electron chi connectivity index (χ4n) is 1.27. The molecule has 1 aliphatic rings. The minimum Gasteiger partial charge on any atom is -0.382 e. The lowest BCUT2D eigenvalue weighted by molar-refractivity contribution is 1.09. The molecule has 0 atom stereocenters. The third-order valence-corrected chi connectivity index (χ3v) is 2.10. The zero-order chi connectivity index (χ0) is 10.8. The van der Waals surface area contributed by atoms with Gasteiger partial charge in [-0.3, -0.25) is 4.99 Å². The molecule has 0 aromatic carbocycles. The van der Waals surface area contributed by atoms with Crippen LogP contribution in [0.25, 0.3) is 0 Å². The molecule has 15 heavy (non-hydrogen) atoms. The average Bonchev–Trinajstić information content (AvgIpc) is 2.95. The minimum absolute atomic E-state index is 0.172. The number of aromatic nitrogens is 2. The molecule has 6 nitrogen and oxygen atoms in total. The molecule has 0 amide bonds. The zero-order valence-corrected chi connectivity index (χ0v) is 8.57. The Hall–Kier alpha value is -1.85. The summed E-state index contributed by atoms with van der Waals surface area (Å²) in [6, 6.07) is 0.476. The van der Waals surface area contributed by atoms with E-state index >= 15 is 0 Å². The average molecular weight is 206 g/mol. The zero-order valence-electron chi connectivity index (χ0n) is 8.57. The summed E-state index contributed by atoms with van der Waals surface area (Å²) in [4.78, 5) is 12.1. The molecule has 1 fully saturated rings. The van der Waals surface area contributed by atoms with Crippen molar-refractivity contribution in [2.45, 2.75) is 25.8 Å². The fraction of sp³-hybridized carbons (Fsp3) is 0.444. The third-order valence-electron chi connectivity index (χ3n) is 2.10. The van der Waals surface area contributed by atoms with Crippen molar-refractivity contribution < 1.29 is 0 Å². The van der Waals surface area contributed by atoms with E-state index in [4.69, 9.17) is 11.5 Å². The van der Waals surface area contributed by atoms with Crippen molar-refractivity contribution in [1.29, 1.82) is 0 Å². The van der Waals surface area contributed by atoms with Crippen molar-refractivity contribution in [2.75, 3.05) is 16.8 Å². The number of nitrogens with one attached hydrogen (secondary N) is 1. The van der Waals surface area contributed by atoms with Gasteiger partial charge in [0, 0.05) is 12.3 Å². The van der Waals surface area contributed by atoms with Crippen LogP contribution in [-0.4, -0.2) is 22.2 Å². The second-order valence-corrected chi connectivity index (χ2v) is 3.47. The van der Waals surface area contributed by atoms with Crippen LogP contribution in [0.1, 0.15) is 19.8 Å². The van der Waals surface area contributed by atoms with Crippen LogP contribution in [0, 0.1) is 0 Å². The van der Waals surface area contributed by atoms with Crippen LogP contribution in [0.3, 0.4) is 0 Å². The Labute approximate surface area is 87.8 Å². The Morgan fingerprint density at radius 2 is 2.13 bits per heavy atom. The van der Waals surface area contributed by atoms with E-state index in [1.165, 1.54) is 0 Å². The Morgan fingerprint density at radius 3 is 2.73 bits per heavy atom. The Balaban J connectivity index is 2.37. The predicted octanol–water partition coefficient (Wildman–Crippen LogP) is 0.938. The normalized spacial score (nSPS) is 15.8. The summed E-state index contributed by atoms with van der Waals surface area (Å²) in [5.74, 6) is 1.11. The molecule has 0 radical (unpaired) electrons. The van der Waals surface area contributed by atoms with Gasteiger partial charge in [0.1, 0.15) is 5.69 Å². The first-order chi connectivity index (χ1) is 7.20. The highest BCUT2D eigenvalue weighted by Crippen LogP contribution is 2.33. The lowest BCUT2D eigenvalue weighted by Gasteiger charge is -2.09. The van der Waals surface area contributed by atoms with E-state index in [0.717, 1.165) is 12.8 Å². The largest absolute Gasteiger partial charge is 0.382 e. The molecule has 1 aliphatic carbocycles. The number of rotatable bonds is 3. The van der Waals surface area contributed by atoms with Gasteiger partial charge in [-0.25, -0.2) is 0 Å². The molecule has 5 N–H and O–H groups in total. The van der Waals surface area contributed by atoms with Crippen LogP contribution in [-0.2, 0) is 0 Å². The van der Waals surface area contributed by atoms with Crippen LogP contribution >= 0.6 is 0 Å². The maximum absolute atomic E-state index is 5.72. The van der Waals surface area contributed by atoms with Crippen LogP contribution < -0.4 is 16.8 Å². The molecule has 0 spiro atoms. The van der Waals surface area contributed by atoms with Crippen LogP contribution in [0.4, 0.5) is 23.3 Å². The summed E-state index contributed by atoms with van der Waals surface area (Å²) < 4.78 is 0. The van der Waals surface area contributed by atoms with Crippen molar-refractivity contribution >= 4 is 29.5 Å². The Morgan fingerprint density at radius 1 is 1.40 bits per heavy atom. The molecular formula is C9H14N6. The molecule has 0 unspecified atom stereocenters. The van der Waals surface area contributed by atoms with Gasteiger partial charge in [0.05, 0.1) is 0 Å². The Bertz CT molecular complexity index is 396. The molecule has 1 aromatic heterocycles. The maximum atomic E-state index is 5.72. The van der Waals surface area contributed by atoms with Crippen molar-refractivity contribution in [3.63, 3.8) is 0 Å². The highest BCUT2D eigenvalue weighted by Gasteiger charge is 2.23. The van der Waals surface area contributed by atoms with E-state index < -0.39 is 0 Å². The van der Waals surface area contributed by atoms with Gasteiger partial charge in [-0.05, 0) is 19.8 Å². The maximum Gasteiger partial charge on any atom is 0.224 e. The van der Waals surface area contributed by atoms with Gasteiger partial charge in [-0.2, -0.15) is 9.97 Å². The van der Waals surface area contributed by atoms with Gasteiger partial charge in [0.2, 0.25) is 5.95 Å². The molecule has 1 heterocycles. The second-order valence-electron chi connectivity index (χ2n) is 3.47. The van der Waals surface area contributed by atoms with Gasteiger partial charge < -0.3 is 16.8 Å². The van der Waals surface area contributed by atoms with E-state index in [1.54, 1.807) is 6.21 Å². The lowest BCUT2D eigenvalue weighted by Crippen LogP contribution is -2.08. The van der Waals surface area contributed by atoms with Gasteiger partial charge in [0.25, 0.3) is 0 Å². The summed E-state index contributed by atoms with van der Waals surface area (Å²) in [5, 5.41) is 3.23. The molecule has 1 aromatic rings. The number of nitrogens with zero attached hydrogens (tertiary/aromatic N) is 3. The van der Waals surface area contributed by atoms with Crippen molar-refractivity contribution in [3.05, 3.63) is 0 Å². The molecule has 6 heteroatoms. The number of anilines is 3. The molecule has 0 aliphatic heterocycles. The lowest BCUT2D eigenvalue weighted by atomic mass is 10.4. The molecule has 2 rings (SSSR count). The summed E-state index contributed by atoms with van der Waals surface area (Å²) in [6.45, 7) is 1.82. The van der Waals surface area contributed by atoms with Gasteiger partial charge in [0.15, 0.2) is 11.6 Å². The summed E-state index contributed by atoms with van der Waals surface area (Å²) >= 11 is 0. The third kappa shape index (κ3) is 2.15. The van der Waals surface area contributed by atoms with Crippen molar-refractivity contribution in [3.8, 4) is 0 Å². The van der Waals surface area contributed by atoms with E-state index in [9.17, 15) is 0 Å². The number of nitrogen functional groups attached to an aromatic ring is 2. The molecule has 0 saturated heterocycles. The molecule has 80 valence electrons. The summed E-state index contributed by atoms with van der Waals surface area (Å²) in [6.07, 6.45) is 3.96. The van der Waals surface area contributed by atoms with Crippen LogP contribution in [0.15, 0.2) is 4.99 Å². The smallest absolute Gasteiger partial charge is 0.224 e. The van der Waals surface area contributed by atoms with Crippen molar-refractivity contribution in [1.82, 2.24) is 9.97 Å². The van der Waals surface area contributed by atoms with E-state index in [1.807, 2.05) is 6.92 Å². The van der Waals surface area contributed by atoms with Gasteiger partial charge in [-0.1, -0.05) is 0 Å². The first-order valence-electron chi connectivity index (χ1n) is 4.89. The highest BCUT2D eigenvalue weighted by molar-refractivity contribution is 5.78. The number of nitrogens with two attached hydrogens (primary N) is 2. The van der Waals surface area contributed by atoms with E-state index in [-0.39, 0.29) is 5.95 Å². The number of hydrogen-bond donors (Lipinski definition) is 3. The predicted molar refractivity (Wildman–Crippen MR) is 61.3 cm³/mol. The standard InChI is InChI=1S/C9H14N6/c1-2-12-6-7(10)14-9(11)15-8(6)13-5-3-4-5/h2,5H,3-4H2,1H3,(H5,10,11,13,14,15)/b12-2-. The van der Waals surface area contributed by atoms with Crippen LogP contribution in [0.2, 0.25) is 0 Å². The van der Waals surface area contributed by atoms with Gasteiger partial charge >= 0.3 is 0 Å². The molecule has 1 saturated carbocycles. The molecular weight excluding hydrogens is 192 g/mol. The first kappa shape index (κ1) is 9.70. The second kappa shape index (κ2) is 3.72. The first-order valence-corrected chi connectivity index (χ1v) is 4.89. The van der Waals surface area contributed by atoms with E-state index in [2.05, 4.69) is 20.3 Å². The fourth-order valence-corrected chi connectivity index (χ4v) is 1.27. The number of aliphatic imine (C=N–C) groups is 1. The topological polar surface area (TPSA) is 102 Å². The van der Waals surface area contributed by atoms with Gasteiger partial charge in [-0.15, -0.1) is 0 Å². The highest BCUT2D eigenvalue weighted by atomic mass is 15.1. The summed E-state index contributed by atoms with van der Waals surface area (Å²) in [5.41, 5.74) is 11.8. The minimum atomic E-state index is 0.172. The van der Waals surface area contributed by atoms with E-state index in [0.29, 0.717) is 23.4 Å². The van der Waals surface area contributed by atoms with Crippen LogP contribution in [0.5, 0.6) is 0 Å². The van der Waals surface area contributed by atoms with Crippen molar-refractivity contribution in [2.24, 2.45) is 4.99 Å². The SMILES string of the molecule is C/C=N\c1c(N)nc(N)nc1NC1CC1. The summed E-state index contributed by atoms with van der Waals surface area (Å²) in [7, 11) is 0. The quantitative estimate of drug-likeness (QED) is 0.638. The number of hydrogen-bond acceptors (Lipinski definition) is 6. The molecule has 0 bridgehead atoms. The monoisotopic (exact) mass is 206 g/mol.